The van der Waals surface area contributed by atoms with Gasteiger partial charge in [-0.3, -0.25) is 0 Å². The summed E-state index contributed by atoms with van der Waals surface area (Å²) in [7, 11) is 0. The molecule has 0 saturated heterocycles. The van der Waals surface area contributed by atoms with E-state index >= 15 is 0 Å². The molecule has 3 heteroatoms. The van der Waals surface area contributed by atoms with Gasteiger partial charge < -0.3 is 9.63 Å². The van der Waals surface area contributed by atoms with E-state index in [2.05, 4.69) is 51.1 Å². The van der Waals surface area contributed by atoms with Crippen LogP contribution < -0.4 is 0 Å². The Balaban J connectivity index is 0.00000132. The number of rotatable bonds is 5. The van der Waals surface area contributed by atoms with Crippen molar-refractivity contribution in [2.45, 2.75) is 99.3 Å². The van der Waals surface area contributed by atoms with Gasteiger partial charge in [-0.2, -0.15) is 0 Å². The van der Waals surface area contributed by atoms with E-state index in [0.29, 0.717) is 28.9 Å². The lowest BCUT2D eigenvalue weighted by Gasteiger charge is -2.54. The molecule has 3 nitrogen and oxygen atoms in total. The van der Waals surface area contributed by atoms with Gasteiger partial charge in [0.25, 0.3) is 0 Å². The van der Waals surface area contributed by atoms with Gasteiger partial charge in [0.1, 0.15) is 11.5 Å². The maximum Gasteiger partial charge on any atom is 0.137 e. The van der Waals surface area contributed by atoms with Crippen molar-refractivity contribution in [1.29, 1.82) is 0 Å². The standard InChI is InChI=1S/C26H37NO2.C2H6/c1-6-18-13-24-19(14-25(18)28)8-9-22-17(4)26(5,11-10-23(22)24)20(7-2)15-21-12-16(3)27-29-21;1-2/h12-14,17,20,22-23,28H,6-11,15H2,1-5H3;1-2H3. The fourth-order valence-electron chi connectivity index (χ4n) is 6.62. The second kappa shape index (κ2) is 9.79. The zero-order chi connectivity index (χ0) is 22.8. The van der Waals surface area contributed by atoms with Crippen LogP contribution in [0.2, 0.25) is 0 Å². The van der Waals surface area contributed by atoms with E-state index in [9.17, 15) is 5.11 Å². The van der Waals surface area contributed by atoms with Gasteiger partial charge >= 0.3 is 0 Å². The number of phenolic OH excluding ortho intramolecular Hbond substituents is 1. The average molecular weight is 426 g/mol. The van der Waals surface area contributed by atoms with E-state index in [4.69, 9.17) is 4.52 Å². The number of aromatic nitrogens is 1. The predicted molar refractivity (Wildman–Crippen MR) is 129 cm³/mol. The van der Waals surface area contributed by atoms with Gasteiger partial charge in [-0.25, -0.2) is 0 Å². The fourth-order valence-corrected chi connectivity index (χ4v) is 6.62. The topological polar surface area (TPSA) is 46.3 Å². The largest absolute Gasteiger partial charge is 0.508 e. The first-order chi connectivity index (χ1) is 14.9. The Bertz CT molecular complexity index is 870. The van der Waals surface area contributed by atoms with Crippen LogP contribution in [0, 0.1) is 30.1 Å². The highest BCUT2D eigenvalue weighted by Crippen LogP contribution is 2.58. The molecule has 4 rings (SSSR count). The summed E-state index contributed by atoms with van der Waals surface area (Å²) in [4.78, 5) is 0. The number of phenols is 1. The number of nitrogens with zero attached hydrogens (tertiary/aromatic N) is 1. The number of hydrogen-bond donors (Lipinski definition) is 1. The molecule has 1 fully saturated rings. The van der Waals surface area contributed by atoms with Gasteiger partial charge in [-0.1, -0.05) is 59.2 Å². The molecule has 1 N–H and O–H groups in total. The molecule has 2 aliphatic carbocycles. The summed E-state index contributed by atoms with van der Waals surface area (Å²) in [6.45, 7) is 15.5. The SMILES string of the molecule is CC.CCc1cc2c(cc1O)CCC1C2CCC(C)(C(CC)Cc2cc(C)no2)C1C. The molecule has 0 radical (unpaired) electrons. The number of fused-ring (bicyclic) bond motifs is 3. The smallest absolute Gasteiger partial charge is 0.137 e. The molecule has 2 aliphatic rings. The zero-order valence-corrected chi connectivity index (χ0v) is 20.8. The van der Waals surface area contributed by atoms with Gasteiger partial charge in [0, 0.05) is 12.5 Å². The van der Waals surface area contributed by atoms with Crippen molar-refractivity contribution in [3.05, 3.63) is 46.3 Å². The lowest BCUT2D eigenvalue weighted by molar-refractivity contribution is -0.00995. The Morgan fingerprint density at radius 3 is 2.55 bits per heavy atom. The molecule has 1 saturated carbocycles. The van der Waals surface area contributed by atoms with Crippen molar-refractivity contribution in [1.82, 2.24) is 5.16 Å². The monoisotopic (exact) mass is 425 g/mol. The van der Waals surface area contributed by atoms with Crippen LogP contribution in [-0.4, -0.2) is 10.3 Å². The zero-order valence-electron chi connectivity index (χ0n) is 20.8. The summed E-state index contributed by atoms with van der Waals surface area (Å²) in [5.74, 6) is 4.23. The molecule has 0 aliphatic heterocycles. The van der Waals surface area contributed by atoms with Gasteiger partial charge in [0.2, 0.25) is 0 Å². The first-order valence-electron chi connectivity index (χ1n) is 12.6. The van der Waals surface area contributed by atoms with Crippen molar-refractivity contribution < 1.29 is 9.63 Å². The average Bonchev–Trinajstić information content (AvgIpc) is 3.20. The molecular formula is C28H43NO2. The fraction of sp³-hybridized carbons (Fsp3) is 0.679. The molecule has 1 heterocycles. The summed E-state index contributed by atoms with van der Waals surface area (Å²) in [5.41, 5.74) is 5.34. The van der Waals surface area contributed by atoms with Gasteiger partial charge in [-0.05, 0) is 90.9 Å². The third-order valence-corrected chi connectivity index (χ3v) is 8.61. The maximum absolute atomic E-state index is 10.3. The van der Waals surface area contributed by atoms with Crippen molar-refractivity contribution in [2.24, 2.45) is 23.2 Å². The molecule has 172 valence electrons. The molecular weight excluding hydrogens is 382 g/mol. The number of aromatic hydroxyl groups is 1. The first-order valence-corrected chi connectivity index (χ1v) is 12.6. The molecule has 0 spiro atoms. The number of aryl methyl sites for hydroxylation is 3. The third kappa shape index (κ3) is 4.43. The van der Waals surface area contributed by atoms with E-state index in [-0.39, 0.29) is 0 Å². The normalized spacial score (nSPS) is 28.2. The molecule has 0 amide bonds. The highest BCUT2D eigenvalue weighted by molar-refractivity contribution is 5.45. The second-order valence-electron chi connectivity index (χ2n) is 9.92. The van der Waals surface area contributed by atoms with E-state index in [1.165, 1.54) is 36.8 Å². The summed E-state index contributed by atoms with van der Waals surface area (Å²) in [6, 6.07) is 6.49. The Hall–Kier alpha value is -1.77. The minimum absolute atomic E-state index is 0.332. The minimum Gasteiger partial charge on any atom is -0.508 e. The van der Waals surface area contributed by atoms with Crippen molar-refractivity contribution in [3.8, 4) is 5.75 Å². The molecule has 0 bridgehead atoms. The molecule has 2 aromatic rings. The van der Waals surface area contributed by atoms with Crippen LogP contribution >= 0.6 is 0 Å². The molecule has 1 aromatic heterocycles. The molecule has 1 aromatic carbocycles. The first kappa shape index (κ1) is 23.9. The van der Waals surface area contributed by atoms with E-state index in [1.807, 2.05) is 20.8 Å². The Morgan fingerprint density at radius 2 is 1.94 bits per heavy atom. The van der Waals surface area contributed by atoms with Crippen LogP contribution in [0.4, 0.5) is 0 Å². The maximum atomic E-state index is 10.3. The number of hydrogen-bond acceptors (Lipinski definition) is 3. The Kier molecular flexibility index (Phi) is 7.55. The summed E-state index contributed by atoms with van der Waals surface area (Å²) >= 11 is 0. The Labute approximate surface area is 189 Å². The van der Waals surface area contributed by atoms with Gasteiger partial charge in [0.05, 0.1) is 5.69 Å². The molecule has 5 unspecified atom stereocenters. The third-order valence-electron chi connectivity index (χ3n) is 8.61. The quantitative estimate of drug-likeness (QED) is 0.535. The van der Waals surface area contributed by atoms with Crippen LogP contribution in [0.25, 0.3) is 0 Å². The van der Waals surface area contributed by atoms with Gasteiger partial charge in [0.15, 0.2) is 0 Å². The van der Waals surface area contributed by atoms with E-state index in [1.54, 1.807) is 0 Å². The van der Waals surface area contributed by atoms with Gasteiger partial charge in [-0.15, -0.1) is 0 Å². The van der Waals surface area contributed by atoms with Crippen molar-refractivity contribution in [2.75, 3.05) is 0 Å². The summed E-state index contributed by atoms with van der Waals surface area (Å²) in [5, 5.41) is 14.4. The highest BCUT2D eigenvalue weighted by atomic mass is 16.5. The van der Waals surface area contributed by atoms with Crippen LogP contribution in [-0.2, 0) is 19.3 Å². The second-order valence-corrected chi connectivity index (χ2v) is 9.92. The van der Waals surface area contributed by atoms with E-state index < -0.39 is 0 Å². The summed E-state index contributed by atoms with van der Waals surface area (Å²) in [6.07, 6.45) is 7.96. The lowest BCUT2D eigenvalue weighted by Crippen LogP contribution is -2.45. The van der Waals surface area contributed by atoms with Crippen molar-refractivity contribution >= 4 is 0 Å². The highest BCUT2D eigenvalue weighted by Gasteiger charge is 2.49. The molecule has 31 heavy (non-hydrogen) atoms. The lowest BCUT2D eigenvalue weighted by atomic mass is 9.51. The predicted octanol–water partition coefficient (Wildman–Crippen LogP) is 7.63. The van der Waals surface area contributed by atoms with Crippen LogP contribution in [0.3, 0.4) is 0 Å². The van der Waals surface area contributed by atoms with Crippen LogP contribution in [0.1, 0.15) is 101 Å². The minimum atomic E-state index is 0.332. The van der Waals surface area contributed by atoms with Crippen LogP contribution in [0.5, 0.6) is 5.75 Å². The van der Waals surface area contributed by atoms with E-state index in [0.717, 1.165) is 42.2 Å². The summed E-state index contributed by atoms with van der Waals surface area (Å²) < 4.78 is 5.58. The van der Waals surface area contributed by atoms with Crippen LogP contribution in [0.15, 0.2) is 22.7 Å². The molecule has 5 atom stereocenters. The van der Waals surface area contributed by atoms with Crippen molar-refractivity contribution in [3.63, 3.8) is 0 Å². The number of benzene rings is 1. The Morgan fingerprint density at radius 1 is 1.19 bits per heavy atom.